The lowest BCUT2D eigenvalue weighted by molar-refractivity contribution is -0.119. The average Bonchev–Trinajstić information content (AvgIpc) is 2.47. The number of hydrogen-bond acceptors (Lipinski definition) is 4. The van der Waals surface area contributed by atoms with E-state index in [9.17, 15) is 14.7 Å². The first-order valence-corrected chi connectivity index (χ1v) is 6.79. The molecule has 5 heteroatoms. The predicted molar refractivity (Wildman–Crippen MR) is 82.9 cm³/mol. The Bertz CT molecular complexity index is 710. The Balaban J connectivity index is 1.91. The highest BCUT2D eigenvalue weighted by atomic mass is 16.5. The molecule has 0 aliphatic rings. The van der Waals surface area contributed by atoms with Crippen LogP contribution in [0.3, 0.4) is 0 Å². The van der Waals surface area contributed by atoms with Gasteiger partial charge in [-0.15, -0.1) is 0 Å². The highest BCUT2D eigenvalue weighted by Gasteiger charge is 2.11. The third-order valence-corrected chi connectivity index (χ3v) is 3.07. The van der Waals surface area contributed by atoms with Gasteiger partial charge in [-0.05, 0) is 43.7 Å². The molecule has 114 valence electrons. The Morgan fingerprint density at radius 3 is 2.59 bits per heavy atom. The number of rotatable bonds is 4. The van der Waals surface area contributed by atoms with E-state index in [0.29, 0.717) is 5.69 Å². The van der Waals surface area contributed by atoms with Gasteiger partial charge in [0.15, 0.2) is 6.61 Å². The van der Waals surface area contributed by atoms with E-state index in [1.165, 1.54) is 24.3 Å². The van der Waals surface area contributed by atoms with Crippen molar-refractivity contribution in [1.82, 2.24) is 0 Å². The normalized spacial score (nSPS) is 10.1. The minimum atomic E-state index is -0.660. The SMILES string of the molecule is Cc1ccc(NC(=O)COC(=O)c2cccc(O)c2)c(C)c1. The quantitative estimate of drug-likeness (QED) is 0.851. The molecule has 0 spiro atoms. The molecular formula is C17H17NO4. The Kier molecular flexibility index (Phi) is 4.78. The largest absolute Gasteiger partial charge is 0.508 e. The van der Waals surface area contributed by atoms with Crippen LogP contribution < -0.4 is 5.32 Å². The number of aromatic hydroxyl groups is 1. The minimum Gasteiger partial charge on any atom is -0.508 e. The van der Waals surface area contributed by atoms with Gasteiger partial charge in [-0.25, -0.2) is 4.79 Å². The zero-order valence-corrected chi connectivity index (χ0v) is 12.4. The van der Waals surface area contributed by atoms with Crippen molar-refractivity contribution in [2.75, 3.05) is 11.9 Å². The summed E-state index contributed by atoms with van der Waals surface area (Å²) >= 11 is 0. The van der Waals surface area contributed by atoms with Crippen LogP contribution in [0.4, 0.5) is 5.69 Å². The predicted octanol–water partition coefficient (Wildman–Crippen LogP) is 2.80. The van der Waals surface area contributed by atoms with Crippen LogP contribution >= 0.6 is 0 Å². The second-order valence-corrected chi connectivity index (χ2v) is 4.99. The number of carbonyl (C=O) groups excluding carboxylic acids is 2. The van der Waals surface area contributed by atoms with Gasteiger partial charge >= 0.3 is 5.97 Å². The molecule has 22 heavy (non-hydrogen) atoms. The summed E-state index contributed by atoms with van der Waals surface area (Å²) in [7, 11) is 0. The summed E-state index contributed by atoms with van der Waals surface area (Å²) in [5.74, 6) is -1.11. The number of amides is 1. The van der Waals surface area contributed by atoms with Crippen molar-refractivity contribution in [2.24, 2.45) is 0 Å². The molecule has 5 nitrogen and oxygen atoms in total. The molecule has 2 aromatic rings. The summed E-state index contributed by atoms with van der Waals surface area (Å²) in [5.41, 5.74) is 2.92. The maximum Gasteiger partial charge on any atom is 0.338 e. The molecule has 0 unspecified atom stereocenters. The van der Waals surface area contributed by atoms with E-state index in [2.05, 4.69) is 5.32 Å². The summed E-state index contributed by atoms with van der Waals surface area (Å²) in [6.45, 7) is 3.47. The molecule has 0 aliphatic carbocycles. The lowest BCUT2D eigenvalue weighted by Gasteiger charge is -2.09. The molecule has 0 atom stereocenters. The zero-order chi connectivity index (χ0) is 16.1. The first-order chi connectivity index (χ1) is 10.5. The standard InChI is InChI=1S/C17H17NO4/c1-11-6-7-15(12(2)8-11)18-16(20)10-22-17(21)13-4-3-5-14(19)9-13/h3-9,19H,10H2,1-2H3,(H,18,20). The monoisotopic (exact) mass is 299 g/mol. The van der Waals surface area contributed by atoms with Gasteiger partial charge < -0.3 is 15.2 Å². The first-order valence-electron chi connectivity index (χ1n) is 6.79. The topological polar surface area (TPSA) is 75.6 Å². The number of phenols is 1. The fraction of sp³-hybridized carbons (Fsp3) is 0.176. The van der Waals surface area contributed by atoms with Gasteiger partial charge in [0.05, 0.1) is 5.56 Å². The van der Waals surface area contributed by atoms with Crippen molar-refractivity contribution in [3.05, 3.63) is 59.2 Å². The van der Waals surface area contributed by atoms with E-state index in [4.69, 9.17) is 4.74 Å². The number of esters is 1. The number of hydrogen-bond donors (Lipinski definition) is 2. The first kappa shape index (κ1) is 15.6. The van der Waals surface area contributed by atoms with Crippen LogP contribution in [0.2, 0.25) is 0 Å². The van der Waals surface area contributed by atoms with Crippen LogP contribution in [0.15, 0.2) is 42.5 Å². The molecule has 2 rings (SSSR count). The summed E-state index contributed by atoms with van der Waals surface area (Å²) in [4.78, 5) is 23.6. The number of benzene rings is 2. The maximum absolute atomic E-state index is 11.8. The third kappa shape index (κ3) is 4.09. The van der Waals surface area contributed by atoms with E-state index in [0.717, 1.165) is 11.1 Å². The Morgan fingerprint density at radius 2 is 1.91 bits per heavy atom. The fourth-order valence-electron chi connectivity index (χ4n) is 1.99. The van der Waals surface area contributed by atoms with Gasteiger partial charge in [-0.3, -0.25) is 4.79 Å². The van der Waals surface area contributed by atoms with E-state index in [1.54, 1.807) is 6.07 Å². The van der Waals surface area contributed by atoms with E-state index < -0.39 is 11.9 Å². The number of anilines is 1. The van der Waals surface area contributed by atoms with Crippen molar-refractivity contribution in [3.63, 3.8) is 0 Å². The van der Waals surface area contributed by atoms with Gasteiger partial charge in [0.25, 0.3) is 5.91 Å². The van der Waals surface area contributed by atoms with Crippen LogP contribution in [-0.2, 0) is 9.53 Å². The maximum atomic E-state index is 11.8. The Labute approximate surface area is 128 Å². The Hall–Kier alpha value is -2.82. The minimum absolute atomic E-state index is 0.0332. The lowest BCUT2D eigenvalue weighted by atomic mass is 10.1. The van der Waals surface area contributed by atoms with E-state index >= 15 is 0 Å². The van der Waals surface area contributed by atoms with Crippen LogP contribution in [0, 0.1) is 13.8 Å². The molecule has 0 radical (unpaired) electrons. The van der Waals surface area contributed by atoms with Crippen LogP contribution in [-0.4, -0.2) is 23.6 Å². The van der Waals surface area contributed by atoms with Crippen LogP contribution in [0.25, 0.3) is 0 Å². The van der Waals surface area contributed by atoms with Crippen molar-refractivity contribution in [1.29, 1.82) is 0 Å². The number of carbonyl (C=O) groups is 2. The van der Waals surface area contributed by atoms with Crippen LogP contribution in [0.5, 0.6) is 5.75 Å². The van der Waals surface area contributed by atoms with Gasteiger partial charge in [0, 0.05) is 5.69 Å². The van der Waals surface area contributed by atoms with E-state index in [-0.39, 0.29) is 17.9 Å². The van der Waals surface area contributed by atoms with Crippen molar-refractivity contribution in [3.8, 4) is 5.75 Å². The van der Waals surface area contributed by atoms with E-state index in [1.807, 2.05) is 26.0 Å². The highest BCUT2D eigenvalue weighted by Crippen LogP contribution is 2.16. The summed E-state index contributed by atoms with van der Waals surface area (Å²) in [5, 5.41) is 12.0. The molecule has 1 amide bonds. The molecule has 0 heterocycles. The number of nitrogens with one attached hydrogen (secondary N) is 1. The molecule has 0 saturated heterocycles. The number of phenolic OH excluding ortho intramolecular Hbond substituents is 1. The highest BCUT2D eigenvalue weighted by molar-refractivity contribution is 5.96. The van der Waals surface area contributed by atoms with Gasteiger partial charge in [-0.1, -0.05) is 23.8 Å². The second kappa shape index (κ2) is 6.76. The number of ether oxygens (including phenoxy) is 1. The summed E-state index contributed by atoms with van der Waals surface area (Å²) in [6.07, 6.45) is 0. The number of aryl methyl sites for hydroxylation is 2. The summed E-state index contributed by atoms with van der Waals surface area (Å²) in [6, 6.07) is 11.4. The summed E-state index contributed by atoms with van der Waals surface area (Å²) < 4.78 is 4.92. The average molecular weight is 299 g/mol. The molecule has 0 bridgehead atoms. The van der Waals surface area contributed by atoms with Crippen molar-refractivity contribution in [2.45, 2.75) is 13.8 Å². The van der Waals surface area contributed by atoms with Gasteiger partial charge in [0.2, 0.25) is 0 Å². The smallest absolute Gasteiger partial charge is 0.338 e. The molecule has 0 fully saturated rings. The third-order valence-electron chi connectivity index (χ3n) is 3.07. The molecule has 0 aromatic heterocycles. The van der Waals surface area contributed by atoms with Crippen LogP contribution in [0.1, 0.15) is 21.5 Å². The Morgan fingerprint density at radius 1 is 1.14 bits per heavy atom. The zero-order valence-electron chi connectivity index (χ0n) is 12.4. The fourth-order valence-corrected chi connectivity index (χ4v) is 1.99. The molecule has 0 saturated carbocycles. The molecule has 0 aliphatic heterocycles. The second-order valence-electron chi connectivity index (χ2n) is 4.99. The van der Waals surface area contributed by atoms with Gasteiger partial charge in [-0.2, -0.15) is 0 Å². The van der Waals surface area contributed by atoms with Crippen molar-refractivity contribution >= 4 is 17.6 Å². The van der Waals surface area contributed by atoms with Crippen molar-refractivity contribution < 1.29 is 19.4 Å². The lowest BCUT2D eigenvalue weighted by Crippen LogP contribution is -2.21. The van der Waals surface area contributed by atoms with Gasteiger partial charge in [0.1, 0.15) is 5.75 Å². The molecule has 2 aromatic carbocycles. The molecular weight excluding hydrogens is 282 g/mol. The molecule has 2 N–H and O–H groups in total.